The molecule has 1 N–H and O–H groups in total. The number of carbonyl (C=O) groups is 3. The summed E-state index contributed by atoms with van der Waals surface area (Å²) in [6.45, 7) is 5.77. The maximum Gasteiger partial charge on any atom is 0.411 e. The van der Waals surface area contributed by atoms with Gasteiger partial charge in [0.15, 0.2) is 0 Å². The Balaban J connectivity index is 1.23. The Kier molecular flexibility index (Phi) is 8.47. The van der Waals surface area contributed by atoms with Crippen molar-refractivity contribution in [2.45, 2.75) is 83.2 Å². The normalized spacial score (nSPS) is 20.7. The Bertz CT molecular complexity index is 1690. The van der Waals surface area contributed by atoms with Crippen LogP contribution in [-0.2, 0) is 33.8 Å². The number of fused-ring (bicyclic) bond motifs is 3. The van der Waals surface area contributed by atoms with Crippen LogP contribution in [0.3, 0.4) is 0 Å². The van der Waals surface area contributed by atoms with Gasteiger partial charge in [0.05, 0.1) is 12.5 Å². The van der Waals surface area contributed by atoms with Crippen LogP contribution in [0.15, 0.2) is 66.7 Å². The van der Waals surface area contributed by atoms with Crippen molar-refractivity contribution in [3.8, 4) is 22.9 Å². The molecule has 3 aliphatic rings. The third-order valence-electron chi connectivity index (χ3n) is 9.15. The molecule has 0 aromatic heterocycles. The molecule has 2 fully saturated rings. The number of anilines is 1. The highest BCUT2D eigenvalue weighted by atomic mass is 16.6. The van der Waals surface area contributed by atoms with Gasteiger partial charge in [0.25, 0.3) is 0 Å². The summed E-state index contributed by atoms with van der Waals surface area (Å²) < 4.78 is 12.0. The first-order valence-electron chi connectivity index (χ1n) is 15.9. The maximum absolute atomic E-state index is 13.7. The van der Waals surface area contributed by atoms with E-state index in [1.165, 1.54) is 0 Å². The summed E-state index contributed by atoms with van der Waals surface area (Å²) in [6, 6.07) is 22.4. The van der Waals surface area contributed by atoms with E-state index < -0.39 is 23.8 Å². The van der Waals surface area contributed by atoms with E-state index >= 15 is 0 Å². The van der Waals surface area contributed by atoms with Gasteiger partial charge >= 0.3 is 6.09 Å². The fraction of sp³-hybridized carbons (Fsp3) is 0.405. The van der Waals surface area contributed by atoms with E-state index in [-0.39, 0.29) is 30.2 Å². The summed E-state index contributed by atoms with van der Waals surface area (Å²) in [7, 11) is 1.79. The minimum Gasteiger partial charge on any atom is -0.489 e. The number of likely N-dealkylation sites (N-methyl/N-ethyl adjacent to an activating group) is 1. The number of nitrogens with one attached hydrogen (secondary N) is 1. The molecule has 238 valence electrons. The number of carbonyl (C=O) groups excluding carboxylic acids is 3. The van der Waals surface area contributed by atoms with Crippen molar-refractivity contribution in [3.63, 3.8) is 0 Å². The average molecular weight is 621 g/mol. The average Bonchev–Trinajstić information content (AvgIpc) is 3.73. The van der Waals surface area contributed by atoms with Crippen LogP contribution in [0.1, 0.15) is 56.7 Å². The van der Waals surface area contributed by atoms with E-state index in [4.69, 9.17) is 9.47 Å². The third-order valence-corrected chi connectivity index (χ3v) is 9.15. The van der Waals surface area contributed by atoms with E-state index in [2.05, 4.69) is 11.4 Å². The highest BCUT2D eigenvalue weighted by molar-refractivity contribution is 6.01. The number of benzene rings is 3. The highest BCUT2D eigenvalue weighted by Gasteiger charge is 2.52. The predicted octanol–water partition coefficient (Wildman–Crippen LogP) is 5.79. The molecule has 2 aliphatic heterocycles. The molecule has 3 aromatic carbocycles. The predicted molar refractivity (Wildman–Crippen MR) is 174 cm³/mol. The van der Waals surface area contributed by atoms with Gasteiger partial charge in [0.2, 0.25) is 11.8 Å². The summed E-state index contributed by atoms with van der Waals surface area (Å²) in [5.41, 5.74) is 4.85. The summed E-state index contributed by atoms with van der Waals surface area (Å²) in [5.74, 6) is 0.391. The molecule has 46 heavy (non-hydrogen) atoms. The molecule has 2 bridgehead atoms. The van der Waals surface area contributed by atoms with Crippen LogP contribution < -0.4 is 15.0 Å². The van der Waals surface area contributed by atoms with Crippen molar-refractivity contribution < 1.29 is 23.9 Å². The van der Waals surface area contributed by atoms with E-state index in [0.717, 1.165) is 52.8 Å². The highest BCUT2D eigenvalue weighted by Crippen LogP contribution is 2.43. The van der Waals surface area contributed by atoms with Crippen molar-refractivity contribution in [1.29, 1.82) is 5.26 Å². The SMILES string of the molecule is CN1C(=O)Cc2ccc(-c3ccc(CC(C#N)NC(=O)[C@@H]4[C@H]5CC[C@H](C5)N4C(=O)OC(C)(C)C)c(OCc4ccccc4)c3)cc21. The first kappa shape index (κ1) is 31.2. The smallest absolute Gasteiger partial charge is 0.411 e. The molecule has 0 radical (unpaired) electrons. The standard InChI is InChI=1S/C37H40N4O5/c1-37(2,3)46-36(44)41-30-15-14-28(17-30)34(41)35(43)39-29(21-38)16-27-13-11-25(19-32(27)45-22-23-8-6-5-7-9-23)24-10-12-26-20-33(42)40(4)31(26)18-24/h5-13,18-19,28-30,34H,14-17,20,22H2,1-4H3,(H,39,43)/t28-,29?,30+,34-/m0/s1. The second-order valence-corrected chi connectivity index (χ2v) is 13.5. The van der Waals surface area contributed by atoms with Gasteiger partial charge in [-0.25, -0.2) is 4.79 Å². The molecule has 1 saturated heterocycles. The molecular formula is C37H40N4O5. The van der Waals surface area contributed by atoms with Crippen LogP contribution >= 0.6 is 0 Å². The first-order valence-corrected chi connectivity index (χ1v) is 15.9. The van der Waals surface area contributed by atoms with Crippen LogP contribution in [0.4, 0.5) is 10.5 Å². The van der Waals surface area contributed by atoms with E-state index in [9.17, 15) is 19.6 Å². The van der Waals surface area contributed by atoms with Gasteiger partial charge < -0.3 is 19.7 Å². The molecule has 9 nitrogen and oxygen atoms in total. The minimum absolute atomic E-state index is 0.0289. The van der Waals surface area contributed by atoms with Crippen LogP contribution in [0.25, 0.3) is 11.1 Å². The van der Waals surface area contributed by atoms with Crippen LogP contribution in [0, 0.1) is 17.2 Å². The summed E-state index contributed by atoms with van der Waals surface area (Å²) >= 11 is 0. The lowest BCUT2D eigenvalue weighted by Gasteiger charge is -2.35. The second-order valence-electron chi connectivity index (χ2n) is 13.5. The van der Waals surface area contributed by atoms with Crippen molar-refractivity contribution in [2.24, 2.45) is 5.92 Å². The van der Waals surface area contributed by atoms with E-state index in [1.807, 2.05) is 87.5 Å². The molecular weight excluding hydrogens is 580 g/mol. The van der Waals surface area contributed by atoms with Gasteiger partial charge in [0, 0.05) is 25.2 Å². The van der Waals surface area contributed by atoms with E-state index in [0.29, 0.717) is 18.8 Å². The molecule has 1 saturated carbocycles. The fourth-order valence-electron chi connectivity index (χ4n) is 6.90. The number of ether oxygens (including phenoxy) is 2. The minimum atomic E-state index is -0.836. The number of likely N-dealkylation sites (tertiary alicyclic amines) is 1. The molecule has 1 aliphatic carbocycles. The molecule has 4 atom stereocenters. The number of hydrogen-bond acceptors (Lipinski definition) is 6. The van der Waals surface area contributed by atoms with Crippen LogP contribution in [0.2, 0.25) is 0 Å². The third kappa shape index (κ3) is 6.43. The molecule has 2 heterocycles. The summed E-state index contributed by atoms with van der Waals surface area (Å²) in [5, 5.41) is 13.1. The van der Waals surface area contributed by atoms with Crippen molar-refractivity contribution >= 4 is 23.6 Å². The molecule has 3 aromatic rings. The number of piperidine rings is 1. The van der Waals surface area contributed by atoms with Gasteiger partial charge in [-0.15, -0.1) is 0 Å². The summed E-state index contributed by atoms with van der Waals surface area (Å²) in [6.07, 6.45) is 2.62. The Morgan fingerprint density at radius 1 is 1.04 bits per heavy atom. The van der Waals surface area contributed by atoms with Crippen molar-refractivity contribution in [1.82, 2.24) is 10.2 Å². The van der Waals surface area contributed by atoms with Crippen molar-refractivity contribution in [2.75, 3.05) is 11.9 Å². The van der Waals surface area contributed by atoms with E-state index in [1.54, 1.807) is 16.8 Å². The zero-order valence-corrected chi connectivity index (χ0v) is 26.8. The van der Waals surface area contributed by atoms with Gasteiger partial charge in [-0.3, -0.25) is 14.5 Å². The van der Waals surface area contributed by atoms with Gasteiger partial charge in [-0.05, 0) is 85.9 Å². The van der Waals surface area contributed by atoms with Gasteiger partial charge in [0.1, 0.15) is 30.0 Å². The van der Waals surface area contributed by atoms with Crippen LogP contribution in [-0.4, -0.2) is 53.6 Å². The lowest BCUT2D eigenvalue weighted by molar-refractivity contribution is -0.128. The maximum atomic E-state index is 13.7. The molecule has 9 heteroatoms. The topological polar surface area (TPSA) is 112 Å². The van der Waals surface area contributed by atoms with Gasteiger partial charge in [-0.2, -0.15) is 5.26 Å². The molecule has 1 unspecified atom stereocenters. The first-order chi connectivity index (χ1) is 22.0. The number of nitriles is 1. The monoisotopic (exact) mass is 620 g/mol. The van der Waals surface area contributed by atoms with Gasteiger partial charge in [-0.1, -0.05) is 54.6 Å². The lowest BCUT2D eigenvalue weighted by atomic mass is 9.96. The summed E-state index contributed by atoms with van der Waals surface area (Å²) in [4.78, 5) is 42.3. The van der Waals surface area contributed by atoms with Crippen LogP contribution in [0.5, 0.6) is 5.75 Å². The number of rotatable bonds is 8. The lowest BCUT2D eigenvalue weighted by Crippen LogP contribution is -2.55. The second kappa shape index (κ2) is 12.5. The zero-order valence-electron chi connectivity index (χ0n) is 26.8. The Labute approximate surface area is 270 Å². The molecule has 6 rings (SSSR count). The number of nitrogens with zero attached hydrogens (tertiary/aromatic N) is 3. The molecule has 3 amide bonds. The molecule has 0 spiro atoms. The number of hydrogen-bond donors (Lipinski definition) is 1. The Morgan fingerprint density at radius 2 is 1.78 bits per heavy atom. The quantitative estimate of drug-likeness (QED) is 0.341. The fourth-order valence-corrected chi connectivity index (χ4v) is 6.90. The largest absolute Gasteiger partial charge is 0.489 e. The number of amides is 3. The zero-order chi connectivity index (χ0) is 32.6. The Hall–Kier alpha value is -4.84. The Morgan fingerprint density at radius 3 is 2.52 bits per heavy atom. The van der Waals surface area contributed by atoms with Crippen molar-refractivity contribution in [3.05, 3.63) is 83.4 Å².